The fraction of sp³-hybridized carbons (Fsp3) is 0.667. The van der Waals surface area contributed by atoms with Crippen molar-refractivity contribution < 1.29 is 0 Å². The van der Waals surface area contributed by atoms with Crippen LogP contribution in [0.15, 0.2) is 29.3 Å². The Morgan fingerprint density at radius 3 is 2.48 bits per heavy atom. The molecule has 1 atom stereocenters. The molecule has 2 saturated heterocycles. The molecule has 0 aliphatic carbocycles. The van der Waals surface area contributed by atoms with E-state index < -0.39 is 0 Å². The topological polar surface area (TPSA) is 42.9 Å². The predicted molar refractivity (Wildman–Crippen MR) is 127 cm³/mol. The molecule has 1 aromatic carbocycles. The van der Waals surface area contributed by atoms with Crippen LogP contribution in [0.25, 0.3) is 0 Å². The van der Waals surface area contributed by atoms with Crippen molar-refractivity contribution in [2.45, 2.75) is 39.2 Å². The highest BCUT2D eigenvalue weighted by molar-refractivity contribution is 14.0. The van der Waals surface area contributed by atoms with Gasteiger partial charge in [0.2, 0.25) is 0 Å². The minimum Gasteiger partial charge on any atom is -0.369 e. The Kier molecular flexibility index (Phi) is 9.15. The largest absolute Gasteiger partial charge is 0.369 e. The lowest BCUT2D eigenvalue weighted by Gasteiger charge is -2.28. The van der Waals surface area contributed by atoms with Gasteiger partial charge in [0.15, 0.2) is 5.96 Å². The molecule has 27 heavy (non-hydrogen) atoms. The van der Waals surface area contributed by atoms with Crippen molar-refractivity contribution >= 4 is 35.6 Å². The first-order chi connectivity index (χ1) is 12.6. The van der Waals surface area contributed by atoms with Crippen molar-refractivity contribution in [2.75, 3.05) is 51.2 Å². The number of aliphatic imine (C=N–C) groups is 1. The van der Waals surface area contributed by atoms with Crippen molar-refractivity contribution in [3.8, 4) is 0 Å². The number of aryl methyl sites for hydroxylation is 1. The van der Waals surface area contributed by atoms with Gasteiger partial charge in [-0.1, -0.05) is 17.7 Å². The van der Waals surface area contributed by atoms with Crippen molar-refractivity contribution in [1.82, 2.24) is 15.5 Å². The Morgan fingerprint density at radius 1 is 1.11 bits per heavy atom. The average Bonchev–Trinajstić information content (AvgIpc) is 3.10. The third kappa shape index (κ3) is 6.82. The second-order valence-corrected chi connectivity index (χ2v) is 7.88. The molecule has 0 spiro atoms. The molecule has 2 fully saturated rings. The van der Waals surface area contributed by atoms with E-state index in [1.165, 1.54) is 37.2 Å². The normalized spacial score (nSPS) is 21.8. The van der Waals surface area contributed by atoms with Gasteiger partial charge in [-0.25, -0.2) is 0 Å². The maximum absolute atomic E-state index is 4.89. The number of halogens is 1. The van der Waals surface area contributed by atoms with E-state index in [4.69, 9.17) is 4.99 Å². The molecule has 0 amide bonds. The highest BCUT2D eigenvalue weighted by Gasteiger charge is 2.23. The Hall–Kier alpha value is -1.02. The van der Waals surface area contributed by atoms with E-state index in [2.05, 4.69) is 65.6 Å². The molecule has 6 heteroatoms. The highest BCUT2D eigenvalue weighted by Crippen LogP contribution is 2.21. The van der Waals surface area contributed by atoms with Crippen LogP contribution in [0.2, 0.25) is 0 Å². The summed E-state index contributed by atoms with van der Waals surface area (Å²) in [7, 11) is 2.21. The van der Waals surface area contributed by atoms with Crippen LogP contribution in [-0.4, -0.2) is 63.2 Å². The zero-order valence-corrected chi connectivity index (χ0v) is 19.4. The van der Waals surface area contributed by atoms with Crippen molar-refractivity contribution in [3.05, 3.63) is 29.8 Å². The van der Waals surface area contributed by atoms with Crippen molar-refractivity contribution in [3.63, 3.8) is 0 Å². The molecule has 2 aliphatic rings. The number of guanidine groups is 1. The van der Waals surface area contributed by atoms with Crippen LogP contribution >= 0.6 is 24.0 Å². The third-order valence-electron chi connectivity index (χ3n) is 5.62. The summed E-state index contributed by atoms with van der Waals surface area (Å²) in [5.41, 5.74) is 2.64. The highest BCUT2D eigenvalue weighted by atomic mass is 127. The summed E-state index contributed by atoms with van der Waals surface area (Å²) in [6.07, 6.45) is 3.70. The van der Waals surface area contributed by atoms with Gasteiger partial charge in [0, 0.05) is 37.9 Å². The van der Waals surface area contributed by atoms with E-state index in [9.17, 15) is 0 Å². The molecule has 3 rings (SSSR count). The molecule has 0 radical (unpaired) electrons. The monoisotopic (exact) mass is 485 g/mol. The summed E-state index contributed by atoms with van der Waals surface area (Å²) in [5, 5.41) is 7.09. The van der Waals surface area contributed by atoms with Gasteiger partial charge in [-0.3, -0.25) is 4.99 Å². The van der Waals surface area contributed by atoms with Gasteiger partial charge in [0.25, 0.3) is 0 Å². The molecule has 152 valence electrons. The smallest absolute Gasteiger partial charge is 0.191 e. The summed E-state index contributed by atoms with van der Waals surface area (Å²) >= 11 is 0. The summed E-state index contributed by atoms with van der Waals surface area (Å²) in [5.74, 6) is 1.72. The number of anilines is 1. The van der Waals surface area contributed by atoms with Crippen LogP contribution in [0.4, 0.5) is 5.69 Å². The van der Waals surface area contributed by atoms with Gasteiger partial charge in [0.05, 0.1) is 0 Å². The van der Waals surface area contributed by atoms with Crippen molar-refractivity contribution in [1.29, 1.82) is 0 Å². The molecular weight excluding hydrogens is 449 g/mol. The fourth-order valence-corrected chi connectivity index (χ4v) is 3.85. The second kappa shape index (κ2) is 11.1. The zero-order valence-electron chi connectivity index (χ0n) is 17.1. The number of rotatable bonds is 5. The summed E-state index contributed by atoms with van der Waals surface area (Å²) in [4.78, 5) is 9.78. The number of hydrogen-bond donors (Lipinski definition) is 2. The minimum atomic E-state index is 0. The van der Waals surface area contributed by atoms with Crippen LogP contribution in [0.3, 0.4) is 0 Å². The maximum atomic E-state index is 4.89. The summed E-state index contributed by atoms with van der Waals surface area (Å²) in [6.45, 7) is 10.7. The molecule has 1 aromatic rings. The van der Waals surface area contributed by atoms with Gasteiger partial charge in [-0.15, -0.1) is 24.0 Å². The molecule has 1 unspecified atom stereocenters. The third-order valence-corrected chi connectivity index (χ3v) is 5.62. The number of likely N-dealkylation sites (tertiary alicyclic amines) is 1. The Labute approximate surface area is 182 Å². The number of nitrogens with one attached hydrogen (secondary N) is 2. The van der Waals surface area contributed by atoms with E-state index in [0.717, 1.165) is 44.5 Å². The van der Waals surface area contributed by atoms with Gasteiger partial charge in [-0.05, 0) is 71.3 Å². The van der Waals surface area contributed by atoms with Crippen molar-refractivity contribution in [2.24, 2.45) is 10.9 Å². The van der Waals surface area contributed by atoms with Crippen LogP contribution in [0, 0.1) is 12.8 Å². The zero-order chi connectivity index (χ0) is 18.4. The van der Waals surface area contributed by atoms with E-state index in [1.54, 1.807) is 0 Å². The molecule has 2 N–H and O–H groups in total. The average molecular weight is 485 g/mol. The SMILES string of the molecule is CCNC(=NCC1CCN(C)CC1)NC1CCN(c2ccc(C)cc2)C1.I. The van der Waals surface area contributed by atoms with Gasteiger partial charge in [-0.2, -0.15) is 0 Å². The Bertz CT molecular complexity index is 581. The summed E-state index contributed by atoms with van der Waals surface area (Å²) in [6, 6.07) is 9.33. The number of nitrogens with zero attached hydrogens (tertiary/aromatic N) is 3. The van der Waals surface area contributed by atoms with E-state index in [0.29, 0.717) is 6.04 Å². The standard InChI is InChI=1S/C21H35N5.HI/c1-4-22-21(23-15-18-9-12-25(3)13-10-18)24-19-11-14-26(16-19)20-7-5-17(2)6-8-20;/h5-8,18-19H,4,9-16H2,1-3H3,(H2,22,23,24);1H. The molecule has 0 saturated carbocycles. The van der Waals surface area contributed by atoms with Crippen LogP contribution in [0.1, 0.15) is 31.7 Å². The lowest BCUT2D eigenvalue weighted by molar-refractivity contribution is 0.223. The van der Waals surface area contributed by atoms with Gasteiger partial charge < -0.3 is 20.4 Å². The molecule has 2 aliphatic heterocycles. The maximum Gasteiger partial charge on any atom is 0.191 e. The van der Waals surface area contributed by atoms with Crippen LogP contribution in [0.5, 0.6) is 0 Å². The first-order valence-electron chi connectivity index (χ1n) is 10.2. The Balaban J connectivity index is 0.00000261. The van der Waals surface area contributed by atoms with Gasteiger partial charge >= 0.3 is 0 Å². The Morgan fingerprint density at radius 2 is 1.81 bits per heavy atom. The minimum absolute atomic E-state index is 0. The van der Waals surface area contributed by atoms with E-state index in [-0.39, 0.29) is 24.0 Å². The van der Waals surface area contributed by atoms with Crippen LogP contribution < -0.4 is 15.5 Å². The van der Waals surface area contributed by atoms with Gasteiger partial charge in [0.1, 0.15) is 0 Å². The lowest BCUT2D eigenvalue weighted by atomic mass is 9.97. The van der Waals surface area contributed by atoms with Crippen LogP contribution in [-0.2, 0) is 0 Å². The van der Waals surface area contributed by atoms with E-state index >= 15 is 0 Å². The molecule has 0 bridgehead atoms. The molecular formula is C21H36IN5. The lowest BCUT2D eigenvalue weighted by Crippen LogP contribution is -2.45. The number of piperidine rings is 1. The summed E-state index contributed by atoms with van der Waals surface area (Å²) < 4.78 is 0. The molecule has 5 nitrogen and oxygen atoms in total. The fourth-order valence-electron chi connectivity index (χ4n) is 3.85. The predicted octanol–water partition coefficient (Wildman–Crippen LogP) is 3.09. The first-order valence-corrected chi connectivity index (χ1v) is 10.2. The number of hydrogen-bond acceptors (Lipinski definition) is 3. The molecule has 2 heterocycles. The van der Waals surface area contributed by atoms with E-state index in [1.807, 2.05) is 0 Å². The number of benzene rings is 1. The molecule has 0 aromatic heterocycles. The first kappa shape index (κ1) is 22.3. The second-order valence-electron chi connectivity index (χ2n) is 7.88. The quantitative estimate of drug-likeness (QED) is 0.382.